The SMILES string of the molecule is N#CC(Cc1ccccc1)(Cc1ccccc1)[Se]c1ccccc1. The monoisotopic (exact) mass is 377 g/mol. The molecule has 3 aromatic carbocycles. The minimum absolute atomic E-state index is 0.0781. The maximum atomic E-state index is 10.1. The molecule has 0 aliphatic heterocycles. The van der Waals surface area contributed by atoms with Crippen LogP contribution in [0.2, 0.25) is 4.31 Å². The molecule has 3 aromatic rings. The quantitative estimate of drug-likeness (QED) is 0.592. The van der Waals surface area contributed by atoms with Gasteiger partial charge in [-0.1, -0.05) is 0 Å². The molecular weight excluding hydrogens is 357 g/mol. The maximum absolute atomic E-state index is 10.1. The van der Waals surface area contributed by atoms with E-state index >= 15 is 0 Å². The van der Waals surface area contributed by atoms with Gasteiger partial charge in [0.05, 0.1) is 0 Å². The molecule has 0 aliphatic rings. The van der Waals surface area contributed by atoms with Crippen LogP contribution in [0.4, 0.5) is 0 Å². The van der Waals surface area contributed by atoms with Crippen LogP contribution in [-0.2, 0) is 12.8 Å². The zero-order valence-corrected chi connectivity index (χ0v) is 15.1. The van der Waals surface area contributed by atoms with Gasteiger partial charge >= 0.3 is 150 Å². The summed E-state index contributed by atoms with van der Waals surface area (Å²) in [5.74, 6) is 0. The average molecular weight is 376 g/mol. The van der Waals surface area contributed by atoms with E-state index in [9.17, 15) is 5.26 Å². The van der Waals surface area contributed by atoms with Crippen molar-refractivity contribution in [3.63, 3.8) is 0 Å². The predicted octanol–water partition coefficient (Wildman–Crippen LogP) is 4.18. The van der Waals surface area contributed by atoms with Crippen molar-refractivity contribution in [2.24, 2.45) is 0 Å². The van der Waals surface area contributed by atoms with Crippen LogP contribution in [0.15, 0.2) is 91.0 Å². The molecular formula is C22H19NSe. The summed E-state index contributed by atoms with van der Waals surface area (Å²) in [5, 5.41) is 10.1. The van der Waals surface area contributed by atoms with Crippen LogP contribution in [0, 0.1) is 11.3 Å². The summed E-state index contributed by atoms with van der Waals surface area (Å²) in [7, 11) is 0. The molecule has 3 rings (SSSR count). The molecule has 2 heteroatoms. The van der Waals surface area contributed by atoms with Gasteiger partial charge in [0.2, 0.25) is 0 Å². The second kappa shape index (κ2) is 7.97. The molecule has 0 heterocycles. The van der Waals surface area contributed by atoms with E-state index in [2.05, 4.69) is 78.9 Å². The molecule has 0 radical (unpaired) electrons. The zero-order valence-electron chi connectivity index (χ0n) is 13.4. The van der Waals surface area contributed by atoms with Crippen molar-refractivity contribution >= 4 is 19.4 Å². The van der Waals surface area contributed by atoms with Crippen molar-refractivity contribution in [1.82, 2.24) is 0 Å². The summed E-state index contributed by atoms with van der Waals surface area (Å²) >= 11 is 0.0781. The first kappa shape index (κ1) is 16.5. The van der Waals surface area contributed by atoms with Gasteiger partial charge in [-0.05, 0) is 0 Å². The fraction of sp³-hybridized carbons (Fsp3) is 0.136. The molecule has 0 bridgehead atoms. The molecule has 0 aromatic heterocycles. The molecule has 0 fully saturated rings. The van der Waals surface area contributed by atoms with Gasteiger partial charge in [0.1, 0.15) is 0 Å². The van der Waals surface area contributed by atoms with Gasteiger partial charge in [0.25, 0.3) is 0 Å². The molecule has 118 valence electrons. The number of hydrogen-bond donors (Lipinski definition) is 0. The van der Waals surface area contributed by atoms with E-state index in [1.807, 2.05) is 18.2 Å². The second-order valence-electron chi connectivity index (χ2n) is 5.85. The van der Waals surface area contributed by atoms with Crippen molar-refractivity contribution in [2.75, 3.05) is 0 Å². The van der Waals surface area contributed by atoms with Crippen LogP contribution >= 0.6 is 0 Å². The van der Waals surface area contributed by atoms with Gasteiger partial charge in [0, 0.05) is 0 Å². The fourth-order valence-corrected chi connectivity index (χ4v) is 5.46. The van der Waals surface area contributed by atoms with Gasteiger partial charge in [-0.3, -0.25) is 0 Å². The Hall–Kier alpha value is -2.33. The van der Waals surface area contributed by atoms with Crippen molar-refractivity contribution in [3.05, 3.63) is 102 Å². The molecule has 0 amide bonds. The van der Waals surface area contributed by atoms with Gasteiger partial charge in [-0.15, -0.1) is 0 Å². The van der Waals surface area contributed by atoms with Crippen molar-refractivity contribution in [3.8, 4) is 6.07 Å². The van der Waals surface area contributed by atoms with E-state index < -0.39 is 0 Å². The second-order valence-corrected chi connectivity index (χ2v) is 8.90. The molecule has 0 unspecified atom stereocenters. The zero-order chi connectivity index (χ0) is 16.7. The Bertz CT molecular complexity index is 690. The summed E-state index contributed by atoms with van der Waals surface area (Å²) in [6, 6.07) is 33.9. The van der Waals surface area contributed by atoms with E-state index in [1.54, 1.807) is 0 Å². The molecule has 0 atom stereocenters. The van der Waals surface area contributed by atoms with Gasteiger partial charge in [-0.2, -0.15) is 0 Å². The Labute approximate surface area is 150 Å². The summed E-state index contributed by atoms with van der Waals surface area (Å²) in [6.07, 6.45) is 1.57. The van der Waals surface area contributed by atoms with Crippen molar-refractivity contribution in [2.45, 2.75) is 17.2 Å². The van der Waals surface area contributed by atoms with Crippen molar-refractivity contribution < 1.29 is 0 Å². The first-order valence-corrected chi connectivity index (χ1v) is 9.74. The molecule has 0 spiro atoms. The van der Waals surface area contributed by atoms with Gasteiger partial charge in [-0.25, -0.2) is 0 Å². The summed E-state index contributed by atoms with van der Waals surface area (Å²) in [6.45, 7) is 0. The van der Waals surface area contributed by atoms with Crippen LogP contribution in [0.1, 0.15) is 11.1 Å². The third-order valence-electron chi connectivity index (χ3n) is 3.93. The number of hydrogen-bond acceptors (Lipinski definition) is 1. The van der Waals surface area contributed by atoms with Crippen LogP contribution < -0.4 is 4.46 Å². The molecule has 1 nitrogen and oxygen atoms in total. The molecule has 0 N–H and O–H groups in total. The molecule has 0 saturated heterocycles. The van der Waals surface area contributed by atoms with E-state index in [-0.39, 0.29) is 19.3 Å². The Balaban J connectivity index is 1.93. The average Bonchev–Trinajstić information content (AvgIpc) is 2.64. The number of rotatable bonds is 6. The number of nitrogens with zero attached hydrogens (tertiary/aromatic N) is 1. The first-order chi connectivity index (χ1) is 11.8. The third-order valence-corrected chi connectivity index (χ3v) is 6.61. The summed E-state index contributed by atoms with van der Waals surface area (Å²) < 4.78 is 0.898. The first-order valence-electron chi connectivity index (χ1n) is 8.03. The normalized spacial score (nSPS) is 11.0. The van der Waals surface area contributed by atoms with E-state index in [4.69, 9.17) is 0 Å². The van der Waals surface area contributed by atoms with E-state index in [0.717, 1.165) is 12.8 Å². The Morgan fingerprint density at radius 3 is 1.50 bits per heavy atom. The summed E-state index contributed by atoms with van der Waals surface area (Å²) in [4.78, 5) is 0. The predicted molar refractivity (Wildman–Crippen MR) is 100 cm³/mol. The molecule has 0 saturated carbocycles. The minimum atomic E-state index is -0.378. The number of benzene rings is 3. The standard InChI is InChI=1S/C22H19NSe/c23-18-22(16-19-10-4-1-5-11-19,17-20-12-6-2-7-13-20)24-21-14-8-3-9-15-21/h1-15H,16-17H2. The molecule has 0 aliphatic carbocycles. The summed E-state index contributed by atoms with van der Waals surface area (Å²) in [5.41, 5.74) is 2.46. The van der Waals surface area contributed by atoms with Gasteiger partial charge in [0.15, 0.2) is 0 Å². The fourth-order valence-electron chi connectivity index (χ4n) is 2.80. The van der Waals surface area contributed by atoms with Crippen LogP contribution in [0.25, 0.3) is 0 Å². The Morgan fingerprint density at radius 2 is 1.08 bits per heavy atom. The van der Waals surface area contributed by atoms with Crippen molar-refractivity contribution in [1.29, 1.82) is 5.26 Å². The topological polar surface area (TPSA) is 23.8 Å². The van der Waals surface area contributed by atoms with E-state index in [0.29, 0.717) is 0 Å². The van der Waals surface area contributed by atoms with Crippen LogP contribution in [0.5, 0.6) is 0 Å². The number of nitriles is 1. The van der Waals surface area contributed by atoms with Crippen LogP contribution in [0.3, 0.4) is 0 Å². The Kier molecular flexibility index (Phi) is 5.49. The molecule has 24 heavy (non-hydrogen) atoms. The van der Waals surface area contributed by atoms with Gasteiger partial charge < -0.3 is 0 Å². The van der Waals surface area contributed by atoms with E-state index in [1.165, 1.54) is 15.6 Å². The Morgan fingerprint density at radius 1 is 0.667 bits per heavy atom. The van der Waals surface area contributed by atoms with Crippen LogP contribution in [-0.4, -0.2) is 15.0 Å². The third kappa shape index (κ3) is 4.36.